The highest BCUT2D eigenvalue weighted by Crippen LogP contribution is 2.49. The standard InChI is InChI=1S/C45H31NS/c1-3-40-45(36-16-5-4-11-29(36)2)38-17-6-7-19-41(38)46(40)35-24-21-30(22-25-35)32-14-8-15-33(27-32)34-23-26-42-39(28-34)37-18-9-12-31-13-10-20-43(47-42)44(31)37/h3-28H,1H2,2H3. The Morgan fingerprint density at radius 3 is 2.06 bits per heavy atom. The van der Waals surface area contributed by atoms with Crippen LogP contribution < -0.4 is 0 Å². The zero-order valence-electron chi connectivity index (χ0n) is 26.1. The normalized spacial score (nSPS) is 11.9. The Morgan fingerprint density at radius 1 is 0.553 bits per heavy atom. The average Bonchev–Trinajstić information content (AvgIpc) is 3.46. The van der Waals surface area contributed by atoms with Crippen LogP contribution in [-0.4, -0.2) is 4.57 Å². The van der Waals surface area contributed by atoms with Gasteiger partial charge in [0, 0.05) is 31.8 Å². The molecule has 1 aliphatic heterocycles. The van der Waals surface area contributed by atoms with Crippen LogP contribution in [0.1, 0.15) is 11.3 Å². The van der Waals surface area contributed by atoms with Crippen LogP contribution >= 0.6 is 11.8 Å². The van der Waals surface area contributed by atoms with Crippen LogP contribution in [0.3, 0.4) is 0 Å². The van der Waals surface area contributed by atoms with Gasteiger partial charge in [0.25, 0.3) is 0 Å². The summed E-state index contributed by atoms with van der Waals surface area (Å²) >= 11 is 1.87. The Kier molecular flexibility index (Phi) is 6.51. The predicted molar refractivity (Wildman–Crippen MR) is 201 cm³/mol. The molecule has 7 aromatic carbocycles. The molecule has 0 N–H and O–H groups in total. The molecule has 0 unspecified atom stereocenters. The molecule has 0 fully saturated rings. The summed E-state index contributed by atoms with van der Waals surface area (Å²) < 4.78 is 2.34. The largest absolute Gasteiger partial charge is 0.309 e. The molecule has 0 radical (unpaired) electrons. The predicted octanol–water partition coefficient (Wildman–Crippen LogP) is 12.9. The molecule has 0 saturated heterocycles. The molecule has 2 heteroatoms. The first-order valence-electron chi connectivity index (χ1n) is 16.0. The fourth-order valence-electron chi connectivity index (χ4n) is 7.29. The summed E-state index contributed by atoms with van der Waals surface area (Å²) in [5.41, 5.74) is 14.6. The van der Waals surface area contributed by atoms with Crippen molar-refractivity contribution in [1.29, 1.82) is 0 Å². The molecule has 8 aromatic rings. The summed E-state index contributed by atoms with van der Waals surface area (Å²) in [5, 5.41) is 3.89. The van der Waals surface area contributed by atoms with Crippen molar-refractivity contribution in [3.63, 3.8) is 0 Å². The van der Waals surface area contributed by atoms with Gasteiger partial charge in [0.2, 0.25) is 0 Å². The highest BCUT2D eigenvalue weighted by molar-refractivity contribution is 7.99. The third-order valence-corrected chi connectivity index (χ3v) is 10.7. The molecule has 1 aromatic heterocycles. The van der Waals surface area contributed by atoms with Crippen molar-refractivity contribution in [2.45, 2.75) is 16.7 Å². The van der Waals surface area contributed by atoms with Crippen LogP contribution in [0, 0.1) is 6.92 Å². The Balaban J connectivity index is 1.10. The molecular weight excluding hydrogens is 587 g/mol. The number of hydrogen-bond acceptors (Lipinski definition) is 1. The summed E-state index contributed by atoms with van der Waals surface area (Å²) in [7, 11) is 0. The summed E-state index contributed by atoms with van der Waals surface area (Å²) in [6.45, 7) is 6.44. The van der Waals surface area contributed by atoms with E-state index < -0.39 is 0 Å². The number of aryl methyl sites for hydroxylation is 1. The molecule has 0 amide bonds. The summed E-state index contributed by atoms with van der Waals surface area (Å²) in [6.07, 6.45) is 2.00. The van der Waals surface area contributed by atoms with Gasteiger partial charge in [-0.15, -0.1) is 0 Å². The minimum absolute atomic E-state index is 1.11. The number of hydrogen-bond donors (Lipinski definition) is 0. The van der Waals surface area contributed by atoms with Gasteiger partial charge in [0.15, 0.2) is 0 Å². The lowest BCUT2D eigenvalue weighted by atomic mass is 9.93. The maximum Gasteiger partial charge on any atom is 0.0541 e. The number of aromatic nitrogens is 1. The fraction of sp³-hybridized carbons (Fsp3) is 0.0222. The molecule has 222 valence electrons. The van der Waals surface area contributed by atoms with E-state index in [-0.39, 0.29) is 0 Å². The Hall–Kier alpha value is -5.57. The Bertz CT molecular complexity index is 2510. The first-order chi connectivity index (χ1) is 23.2. The number of benzene rings is 7. The van der Waals surface area contributed by atoms with Gasteiger partial charge in [-0.1, -0.05) is 128 Å². The van der Waals surface area contributed by atoms with Crippen LogP contribution in [0.15, 0.2) is 168 Å². The van der Waals surface area contributed by atoms with Gasteiger partial charge in [-0.2, -0.15) is 0 Å². The first-order valence-corrected chi connectivity index (χ1v) is 16.9. The quantitative estimate of drug-likeness (QED) is 0.186. The molecule has 0 bridgehead atoms. The molecule has 1 nitrogen and oxygen atoms in total. The average molecular weight is 618 g/mol. The summed E-state index contributed by atoms with van der Waals surface area (Å²) in [5.74, 6) is 0. The van der Waals surface area contributed by atoms with Gasteiger partial charge < -0.3 is 4.57 Å². The van der Waals surface area contributed by atoms with Gasteiger partial charge in [-0.3, -0.25) is 0 Å². The molecule has 0 atom stereocenters. The lowest BCUT2D eigenvalue weighted by Gasteiger charge is -2.21. The second kappa shape index (κ2) is 11.0. The molecule has 0 spiro atoms. The number of nitrogens with zero attached hydrogens (tertiary/aromatic N) is 1. The molecule has 9 rings (SSSR count). The zero-order valence-corrected chi connectivity index (χ0v) is 26.9. The van der Waals surface area contributed by atoms with Crippen LogP contribution in [0.2, 0.25) is 0 Å². The second-order valence-electron chi connectivity index (χ2n) is 12.2. The van der Waals surface area contributed by atoms with Crippen molar-refractivity contribution >= 4 is 39.5 Å². The highest BCUT2D eigenvalue weighted by atomic mass is 32.2. The van der Waals surface area contributed by atoms with E-state index in [9.17, 15) is 0 Å². The monoisotopic (exact) mass is 617 g/mol. The van der Waals surface area contributed by atoms with Crippen molar-refractivity contribution < 1.29 is 0 Å². The van der Waals surface area contributed by atoms with Crippen molar-refractivity contribution in [3.05, 3.63) is 169 Å². The fourth-order valence-corrected chi connectivity index (χ4v) is 8.42. The van der Waals surface area contributed by atoms with Crippen molar-refractivity contribution in [1.82, 2.24) is 4.57 Å². The third kappa shape index (κ3) is 4.48. The lowest BCUT2D eigenvalue weighted by Crippen LogP contribution is -1.97. The molecule has 0 saturated carbocycles. The van der Waals surface area contributed by atoms with Gasteiger partial charge in [0.05, 0.1) is 11.2 Å². The number of rotatable bonds is 5. The highest BCUT2D eigenvalue weighted by Gasteiger charge is 2.21. The molecule has 1 aliphatic rings. The molecule has 0 aliphatic carbocycles. The zero-order chi connectivity index (χ0) is 31.5. The van der Waals surface area contributed by atoms with Crippen molar-refractivity contribution in [3.8, 4) is 50.2 Å². The smallest absolute Gasteiger partial charge is 0.0541 e. The van der Waals surface area contributed by atoms with Crippen LogP contribution in [0.5, 0.6) is 0 Å². The van der Waals surface area contributed by atoms with E-state index in [0.29, 0.717) is 0 Å². The van der Waals surface area contributed by atoms with E-state index >= 15 is 0 Å². The molecule has 47 heavy (non-hydrogen) atoms. The van der Waals surface area contributed by atoms with Gasteiger partial charge in [-0.25, -0.2) is 0 Å². The Labute approximate surface area is 279 Å². The topological polar surface area (TPSA) is 4.93 Å². The summed E-state index contributed by atoms with van der Waals surface area (Å²) in [4.78, 5) is 2.65. The van der Waals surface area contributed by atoms with E-state index in [0.717, 1.165) is 11.4 Å². The van der Waals surface area contributed by atoms with Crippen molar-refractivity contribution in [2.24, 2.45) is 0 Å². The van der Waals surface area contributed by atoms with Gasteiger partial charge >= 0.3 is 0 Å². The van der Waals surface area contributed by atoms with Crippen LogP contribution in [-0.2, 0) is 0 Å². The van der Waals surface area contributed by atoms with E-state index in [2.05, 4.69) is 170 Å². The van der Waals surface area contributed by atoms with Gasteiger partial charge in [0.1, 0.15) is 0 Å². The maximum atomic E-state index is 4.26. The van der Waals surface area contributed by atoms with E-state index in [1.165, 1.54) is 81.5 Å². The van der Waals surface area contributed by atoms with E-state index in [4.69, 9.17) is 0 Å². The van der Waals surface area contributed by atoms with E-state index in [1.807, 2.05) is 17.8 Å². The first kappa shape index (κ1) is 27.7. The minimum Gasteiger partial charge on any atom is -0.309 e. The Morgan fingerprint density at radius 2 is 1.23 bits per heavy atom. The molecular formula is C45H31NS. The minimum atomic E-state index is 1.11. The van der Waals surface area contributed by atoms with Crippen LogP contribution in [0.4, 0.5) is 0 Å². The maximum absolute atomic E-state index is 4.26. The number of fused-ring (bicyclic) bond motifs is 3. The summed E-state index contributed by atoms with van der Waals surface area (Å²) in [6, 6.07) is 55.3. The SMILES string of the molecule is C=Cc1c(-c2ccccc2C)c2ccccc2n1-c1ccc(-c2cccc(-c3ccc4c(c3)-c3cccc5cccc(c35)S4)c2)cc1. The third-order valence-electron chi connectivity index (χ3n) is 9.53. The van der Waals surface area contributed by atoms with E-state index in [1.54, 1.807) is 0 Å². The number of para-hydroxylation sites is 1. The van der Waals surface area contributed by atoms with Crippen LogP contribution in [0.25, 0.3) is 77.9 Å². The second-order valence-corrected chi connectivity index (χ2v) is 13.3. The van der Waals surface area contributed by atoms with Crippen molar-refractivity contribution in [2.75, 3.05) is 0 Å². The molecule has 2 heterocycles. The lowest BCUT2D eigenvalue weighted by molar-refractivity contribution is 1.11. The van der Waals surface area contributed by atoms with Gasteiger partial charge in [-0.05, 0) is 105 Å².